The summed E-state index contributed by atoms with van der Waals surface area (Å²) in [5.74, 6) is 0.474. The van der Waals surface area contributed by atoms with Gasteiger partial charge >= 0.3 is 0 Å². The molecule has 1 atom stereocenters. The summed E-state index contributed by atoms with van der Waals surface area (Å²) in [5.41, 5.74) is 8.17. The summed E-state index contributed by atoms with van der Waals surface area (Å²) in [4.78, 5) is 4.00. The minimum atomic E-state index is -0.644. The average Bonchev–Trinajstić information content (AvgIpc) is 2.29. The predicted molar refractivity (Wildman–Crippen MR) is 63.9 cm³/mol. The van der Waals surface area contributed by atoms with Gasteiger partial charge in [-0.05, 0) is 24.1 Å². The number of anilines is 1. The quantitative estimate of drug-likeness (QED) is 0.804. The van der Waals surface area contributed by atoms with Crippen molar-refractivity contribution in [3.05, 3.63) is 59.3 Å². The second-order valence-electron chi connectivity index (χ2n) is 3.78. The number of aliphatic hydroxyl groups is 1. The van der Waals surface area contributed by atoms with Crippen LogP contribution in [0.5, 0.6) is 0 Å². The Bertz CT molecular complexity index is 483. The van der Waals surface area contributed by atoms with Crippen LogP contribution >= 0.6 is 0 Å². The van der Waals surface area contributed by atoms with E-state index in [1.807, 2.05) is 37.3 Å². The van der Waals surface area contributed by atoms with Crippen LogP contribution in [0, 0.1) is 6.92 Å². The van der Waals surface area contributed by atoms with E-state index in [-0.39, 0.29) is 0 Å². The fraction of sp³-hybridized carbons (Fsp3) is 0.154. The minimum absolute atomic E-state index is 0.474. The Labute approximate surface area is 94.6 Å². The lowest BCUT2D eigenvalue weighted by atomic mass is 9.99. The van der Waals surface area contributed by atoms with Crippen molar-refractivity contribution < 1.29 is 5.11 Å². The van der Waals surface area contributed by atoms with Crippen LogP contribution in [0.25, 0.3) is 0 Å². The van der Waals surface area contributed by atoms with E-state index in [1.54, 1.807) is 12.3 Å². The summed E-state index contributed by atoms with van der Waals surface area (Å²) in [5, 5.41) is 10.2. The van der Waals surface area contributed by atoms with Crippen molar-refractivity contribution in [3.8, 4) is 0 Å². The molecule has 82 valence electrons. The molecule has 1 heterocycles. The summed E-state index contributed by atoms with van der Waals surface area (Å²) < 4.78 is 0. The van der Waals surface area contributed by atoms with Crippen molar-refractivity contribution in [1.29, 1.82) is 0 Å². The molecule has 16 heavy (non-hydrogen) atoms. The van der Waals surface area contributed by atoms with Crippen LogP contribution in [0.1, 0.15) is 22.8 Å². The van der Waals surface area contributed by atoms with E-state index >= 15 is 0 Å². The first-order chi connectivity index (χ1) is 7.68. The van der Waals surface area contributed by atoms with Crippen LogP contribution in [0.4, 0.5) is 5.82 Å². The molecular formula is C13H14N2O. The predicted octanol–water partition coefficient (Wildman–Crippen LogP) is 2.05. The molecule has 0 aliphatic heterocycles. The van der Waals surface area contributed by atoms with Crippen LogP contribution in [0.2, 0.25) is 0 Å². The summed E-state index contributed by atoms with van der Waals surface area (Å²) in [6.45, 7) is 1.92. The summed E-state index contributed by atoms with van der Waals surface area (Å²) >= 11 is 0. The third kappa shape index (κ3) is 2.04. The molecule has 0 bridgehead atoms. The molecule has 0 radical (unpaired) electrons. The number of aryl methyl sites for hydroxylation is 1. The van der Waals surface area contributed by atoms with Gasteiger partial charge < -0.3 is 10.8 Å². The molecule has 0 aliphatic carbocycles. The zero-order chi connectivity index (χ0) is 11.5. The molecule has 0 saturated carbocycles. The number of nitrogens with zero attached hydrogens (tertiary/aromatic N) is 1. The van der Waals surface area contributed by atoms with Gasteiger partial charge in [0.2, 0.25) is 0 Å². The first-order valence-electron chi connectivity index (χ1n) is 5.13. The van der Waals surface area contributed by atoms with Gasteiger partial charge in [-0.3, -0.25) is 0 Å². The first-order valence-corrected chi connectivity index (χ1v) is 5.13. The SMILES string of the molecule is Cc1cc(N)ncc1C(O)c1ccccc1. The first kappa shape index (κ1) is 10.6. The lowest BCUT2D eigenvalue weighted by Crippen LogP contribution is -2.03. The maximum absolute atomic E-state index is 10.2. The Kier molecular flexibility index (Phi) is 2.88. The Balaban J connectivity index is 2.38. The molecule has 0 saturated heterocycles. The van der Waals surface area contributed by atoms with E-state index in [2.05, 4.69) is 4.98 Å². The van der Waals surface area contributed by atoms with Gasteiger partial charge in [0.05, 0.1) is 0 Å². The van der Waals surface area contributed by atoms with E-state index in [9.17, 15) is 5.11 Å². The van der Waals surface area contributed by atoms with Crippen LogP contribution < -0.4 is 5.73 Å². The molecule has 3 heteroatoms. The van der Waals surface area contributed by atoms with E-state index < -0.39 is 6.10 Å². The highest BCUT2D eigenvalue weighted by Crippen LogP contribution is 2.24. The third-order valence-corrected chi connectivity index (χ3v) is 2.58. The van der Waals surface area contributed by atoms with E-state index in [4.69, 9.17) is 5.73 Å². The van der Waals surface area contributed by atoms with Crippen molar-refractivity contribution in [1.82, 2.24) is 4.98 Å². The van der Waals surface area contributed by atoms with Gasteiger partial charge in [-0.2, -0.15) is 0 Å². The fourth-order valence-electron chi connectivity index (χ4n) is 1.69. The molecule has 3 N–H and O–H groups in total. The summed E-state index contributed by atoms with van der Waals surface area (Å²) in [6.07, 6.45) is 0.983. The number of pyridine rings is 1. The van der Waals surface area contributed by atoms with E-state index in [1.165, 1.54) is 0 Å². The van der Waals surface area contributed by atoms with Crippen LogP contribution in [-0.4, -0.2) is 10.1 Å². The number of hydrogen-bond donors (Lipinski definition) is 2. The second-order valence-corrected chi connectivity index (χ2v) is 3.78. The molecule has 2 aromatic rings. The molecule has 2 rings (SSSR count). The van der Waals surface area contributed by atoms with Crippen LogP contribution in [0.3, 0.4) is 0 Å². The van der Waals surface area contributed by atoms with Crippen molar-refractivity contribution in [2.45, 2.75) is 13.0 Å². The largest absolute Gasteiger partial charge is 0.384 e. The Morgan fingerprint density at radius 2 is 1.94 bits per heavy atom. The number of rotatable bonds is 2. The Hall–Kier alpha value is -1.87. The third-order valence-electron chi connectivity index (χ3n) is 2.58. The van der Waals surface area contributed by atoms with Gasteiger partial charge in [-0.25, -0.2) is 4.98 Å². The smallest absolute Gasteiger partial charge is 0.123 e. The van der Waals surface area contributed by atoms with Crippen molar-refractivity contribution in [2.75, 3.05) is 5.73 Å². The molecule has 1 aromatic carbocycles. The maximum Gasteiger partial charge on any atom is 0.123 e. The van der Waals surface area contributed by atoms with Crippen molar-refractivity contribution in [2.24, 2.45) is 0 Å². The number of benzene rings is 1. The molecule has 3 nitrogen and oxygen atoms in total. The number of nitrogen functional groups attached to an aromatic ring is 1. The standard InChI is InChI=1S/C13H14N2O/c1-9-7-12(14)15-8-11(9)13(16)10-5-3-2-4-6-10/h2-8,13,16H,1H3,(H2,14,15). The molecule has 1 aromatic heterocycles. The number of aliphatic hydroxyl groups excluding tert-OH is 1. The maximum atomic E-state index is 10.2. The molecule has 1 unspecified atom stereocenters. The monoisotopic (exact) mass is 214 g/mol. The lowest BCUT2D eigenvalue weighted by Gasteiger charge is -2.13. The fourth-order valence-corrected chi connectivity index (χ4v) is 1.69. The van der Waals surface area contributed by atoms with Crippen LogP contribution in [0.15, 0.2) is 42.6 Å². The van der Waals surface area contributed by atoms with Gasteiger partial charge in [-0.15, -0.1) is 0 Å². The highest BCUT2D eigenvalue weighted by molar-refractivity contribution is 5.40. The molecular weight excluding hydrogens is 200 g/mol. The molecule has 0 aliphatic rings. The summed E-state index contributed by atoms with van der Waals surface area (Å²) in [7, 11) is 0. The van der Waals surface area contributed by atoms with Gasteiger partial charge in [0.1, 0.15) is 11.9 Å². The topological polar surface area (TPSA) is 59.1 Å². The van der Waals surface area contributed by atoms with Gasteiger partial charge in [-0.1, -0.05) is 30.3 Å². The number of nitrogens with two attached hydrogens (primary N) is 1. The zero-order valence-corrected chi connectivity index (χ0v) is 9.09. The zero-order valence-electron chi connectivity index (χ0n) is 9.09. The highest BCUT2D eigenvalue weighted by Gasteiger charge is 2.12. The normalized spacial score (nSPS) is 12.4. The lowest BCUT2D eigenvalue weighted by molar-refractivity contribution is 0.219. The van der Waals surface area contributed by atoms with E-state index in [0.29, 0.717) is 5.82 Å². The van der Waals surface area contributed by atoms with Gasteiger partial charge in [0, 0.05) is 11.8 Å². The van der Waals surface area contributed by atoms with Gasteiger partial charge in [0.25, 0.3) is 0 Å². The second kappa shape index (κ2) is 4.33. The van der Waals surface area contributed by atoms with Crippen LogP contribution in [-0.2, 0) is 0 Å². The molecule has 0 fully saturated rings. The minimum Gasteiger partial charge on any atom is -0.384 e. The Morgan fingerprint density at radius 3 is 2.56 bits per heavy atom. The molecule has 0 spiro atoms. The number of hydrogen-bond acceptors (Lipinski definition) is 3. The van der Waals surface area contributed by atoms with E-state index in [0.717, 1.165) is 16.7 Å². The summed E-state index contributed by atoms with van der Waals surface area (Å²) in [6, 6.07) is 11.3. The van der Waals surface area contributed by atoms with Crippen molar-refractivity contribution in [3.63, 3.8) is 0 Å². The average molecular weight is 214 g/mol. The van der Waals surface area contributed by atoms with Gasteiger partial charge in [0.15, 0.2) is 0 Å². The Morgan fingerprint density at radius 1 is 1.25 bits per heavy atom. The molecule has 0 amide bonds. The highest BCUT2D eigenvalue weighted by atomic mass is 16.3. The number of aromatic nitrogens is 1. The van der Waals surface area contributed by atoms with Crippen molar-refractivity contribution >= 4 is 5.82 Å².